The van der Waals surface area contributed by atoms with Crippen molar-refractivity contribution in [1.29, 1.82) is 0 Å². The molecule has 1 aromatic rings. The predicted molar refractivity (Wildman–Crippen MR) is 64.0 cm³/mol. The average Bonchev–Trinajstić information content (AvgIpc) is 2.22. The van der Waals surface area contributed by atoms with Gasteiger partial charge in [0, 0.05) is 11.6 Å². The van der Waals surface area contributed by atoms with Gasteiger partial charge < -0.3 is 5.32 Å². The van der Waals surface area contributed by atoms with E-state index in [0.29, 0.717) is 0 Å². The molecule has 0 fully saturated rings. The number of aryl methyl sites for hydroxylation is 2. The van der Waals surface area contributed by atoms with Gasteiger partial charge in [0.05, 0.1) is 0 Å². The summed E-state index contributed by atoms with van der Waals surface area (Å²) in [6, 6.07) is 6.09. The molecule has 0 bridgehead atoms. The number of amides is 1. The third-order valence-electron chi connectivity index (χ3n) is 2.71. The molecule has 1 aromatic carbocycles. The minimum absolute atomic E-state index is 0.0740. The lowest BCUT2D eigenvalue weighted by atomic mass is 10.1. The molecule has 0 aromatic heterocycles. The summed E-state index contributed by atoms with van der Waals surface area (Å²) >= 11 is 0. The van der Waals surface area contributed by atoms with E-state index < -0.39 is 0 Å². The summed E-state index contributed by atoms with van der Waals surface area (Å²) in [5.41, 5.74) is 3.21. The lowest BCUT2D eigenvalue weighted by Crippen LogP contribution is -2.20. The fourth-order valence-electron chi connectivity index (χ4n) is 1.31. The van der Waals surface area contributed by atoms with Gasteiger partial charge in [0.1, 0.15) is 0 Å². The van der Waals surface area contributed by atoms with Crippen molar-refractivity contribution in [3.8, 4) is 0 Å². The Balaban J connectivity index is 2.80. The lowest BCUT2D eigenvalue weighted by molar-refractivity contribution is -0.119. The van der Waals surface area contributed by atoms with Crippen LogP contribution in [0.25, 0.3) is 0 Å². The Labute approximate surface area is 91.7 Å². The van der Waals surface area contributed by atoms with E-state index >= 15 is 0 Å². The van der Waals surface area contributed by atoms with E-state index in [4.69, 9.17) is 0 Å². The second-order valence-corrected chi connectivity index (χ2v) is 4.12. The van der Waals surface area contributed by atoms with Gasteiger partial charge in [0.2, 0.25) is 5.91 Å². The SMILES string of the molecule is CC[C@@H](C)C(=O)Nc1cc(C)ccc1C. The van der Waals surface area contributed by atoms with E-state index in [0.717, 1.165) is 17.7 Å². The highest BCUT2D eigenvalue weighted by molar-refractivity contribution is 5.93. The zero-order valence-electron chi connectivity index (χ0n) is 9.92. The summed E-state index contributed by atoms with van der Waals surface area (Å²) in [4.78, 5) is 11.7. The largest absolute Gasteiger partial charge is 0.326 e. The third-order valence-corrected chi connectivity index (χ3v) is 2.71. The molecule has 0 aliphatic carbocycles. The average molecular weight is 205 g/mol. The van der Waals surface area contributed by atoms with Crippen LogP contribution in [0.4, 0.5) is 5.69 Å². The molecular formula is C13H19NO. The summed E-state index contributed by atoms with van der Waals surface area (Å²) in [6.07, 6.45) is 0.872. The van der Waals surface area contributed by atoms with Crippen molar-refractivity contribution in [2.75, 3.05) is 5.32 Å². The predicted octanol–water partition coefficient (Wildman–Crippen LogP) is 3.29. The fraction of sp³-hybridized carbons (Fsp3) is 0.462. The highest BCUT2D eigenvalue weighted by Crippen LogP contribution is 2.17. The molecule has 1 amide bonds. The summed E-state index contributed by atoms with van der Waals surface area (Å²) in [5.74, 6) is 0.177. The number of anilines is 1. The molecule has 0 radical (unpaired) electrons. The van der Waals surface area contributed by atoms with Crippen LogP contribution in [-0.4, -0.2) is 5.91 Å². The number of benzene rings is 1. The summed E-state index contributed by atoms with van der Waals surface area (Å²) in [7, 11) is 0. The standard InChI is InChI=1S/C13H19NO/c1-5-10(3)13(15)14-12-8-9(2)6-7-11(12)4/h6-8,10H,5H2,1-4H3,(H,14,15)/t10-/m1/s1. The highest BCUT2D eigenvalue weighted by atomic mass is 16.1. The maximum atomic E-state index is 11.7. The van der Waals surface area contributed by atoms with Crippen molar-refractivity contribution in [3.05, 3.63) is 29.3 Å². The summed E-state index contributed by atoms with van der Waals surface area (Å²) < 4.78 is 0. The molecule has 0 aliphatic heterocycles. The van der Waals surface area contributed by atoms with Crippen molar-refractivity contribution >= 4 is 11.6 Å². The van der Waals surface area contributed by atoms with Gasteiger partial charge in [0.15, 0.2) is 0 Å². The Morgan fingerprint density at radius 3 is 2.67 bits per heavy atom. The van der Waals surface area contributed by atoms with E-state index in [1.165, 1.54) is 5.56 Å². The molecule has 0 spiro atoms. The first-order valence-electron chi connectivity index (χ1n) is 5.42. The Hall–Kier alpha value is -1.31. The van der Waals surface area contributed by atoms with Gasteiger partial charge in [0.25, 0.3) is 0 Å². The van der Waals surface area contributed by atoms with E-state index in [1.54, 1.807) is 0 Å². The van der Waals surface area contributed by atoms with Crippen LogP contribution >= 0.6 is 0 Å². The van der Waals surface area contributed by atoms with Crippen LogP contribution in [0.2, 0.25) is 0 Å². The van der Waals surface area contributed by atoms with Crippen molar-refractivity contribution in [1.82, 2.24) is 0 Å². The lowest BCUT2D eigenvalue weighted by Gasteiger charge is -2.12. The van der Waals surface area contributed by atoms with Gasteiger partial charge >= 0.3 is 0 Å². The maximum Gasteiger partial charge on any atom is 0.227 e. The number of carbonyl (C=O) groups excluding carboxylic acids is 1. The van der Waals surface area contributed by atoms with Crippen LogP contribution in [0.5, 0.6) is 0 Å². The van der Waals surface area contributed by atoms with Gasteiger partial charge in [-0.3, -0.25) is 4.79 Å². The Kier molecular flexibility index (Phi) is 3.89. The molecule has 1 atom stereocenters. The number of hydrogen-bond acceptors (Lipinski definition) is 1. The van der Waals surface area contributed by atoms with Gasteiger partial charge in [-0.25, -0.2) is 0 Å². The van der Waals surface area contributed by atoms with E-state index in [-0.39, 0.29) is 11.8 Å². The summed E-state index contributed by atoms with van der Waals surface area (Å²) in [6.45, 7) is 8.00. The van der Waals surface area contributed by atoms with E-state index in [2.05, 4.69) is 5.32 Å². The molecule has 2 nitrogen and oxygen atoms in total. The maximum absolute atomic E-state index is 11.7. The van der Waals surface area contributed by atoms with E-state index in [1.807, 2.05) is 45.9 Å². The number of rotatable bonds is 3. The van der Waals surface area contributed by atoms with Crippen LogP contribution < -0.4 is 5.32 Å². The quantitative estimate of drug-likeness (QED) is 0.806. The molecule has 0 aliphatic rings. The molecule has 1 rings (SSSR count). The van der Waals surface area contributed by atoms with Crippen LogP contribution in [0, 0.1) is 19.8 Å². The molecule has 0 saturated carbocycles. The number of carbonyl (C=O) groups is 1. The zero-order valence-corrected chi connectivity index (χ0v) is 9.92. The van der Waals surface area contributed by atoms with Gasteiger partial charge in [-0.05, 0) is 37.5 Å². The molecule has 0 unspecified atom stereocenters. The van der Waals surface area contributed by atoms with Crippen LogP contribution in [0.3, 0.4) is 0 Å². The normalized spacial score (nSPS) is 12.3. The first kappa shape index (κ1) is 11.8. The van der Waals surface area contributed by atoms with Gasteiger partial charge in [-0.2, -0.15) is 0 Å². The van der Waals surface area contributed by atoms with Crippen LogP contribution in [0.1, 0.15) is 31.4 Å². The summed E-state index contributed by atoms with van der Waals surface area (Å²) in [5, 5.41) is 2.96. The van der Waals surface area contributed by atoms with Crippen molar-refractivity contribution in [2.24, 2.45) is 5.92 Å². The number of hydrogen-bond donors (Lipinski definition) is 1. The Bertz CT molecular complexity index is 358. The monoisotopic (exact) mass is 205 g/mol. The van der Waals surface area contributed by atoms with Crippen molar-refractivity contribution in [3.63, 3.8) is 0 Å². The Morgan fingerprint density at radius 1 is 1.40 bits per heavy atom. The van der Waals surface area contributed by atoms with Crippen LogP contribution in [-0.2, 0) is 4.79 Å². The van der Waals surface area contributed by atoms with Gasteiger partial charge in [-0.15, -0.1) is 0 Å². The minimum atomic E-state index is 0.0740. The molecule has 82 valence electrons. The first-order chi connectivity index (χ1) is 7.04. The molecule has 15 heavy (non-hydrogen) atoms. The second kappa shape index (κ2) is 4.96. The molecular weight excluding hydrogens is 186 g/mol. The smallest absolute Gasteiger partial charge is 0.227 e. The fourth-order valence-corrected chi connectivity index (χ4v) is 1.31. The second-order valence-electron chi connectivity index (χ2n) is 4.12. The topological polar surface area (TPSA) is 29.1 Å². The zero-order chi connectivity index (χ0) is 11.4. The van der Waals surface area contributed by atoms with E-state index in [9.17, 15) is 4.79 Å². The van der Waals surface area contributed by atoms with Crippen molar-refractivity contribution in [2.45, 2.75) is 34.1 Å². The Morgan fingerprint density at radius 2 is 2.07 bits per heavy atom. The minimum Gasteiger partial charge on any atom is -0.326 e. The van der Waals surface area contributed by atoms with Crippen molar-refractivity contribution < 1.29 is 4.79 Å². The molecule has 2 heteroatoms. The number of nitrogens with one attached hydrogen (secondary N) is 1. The first-order valence-corrected chi connectivity index (χ1v) is 5.42. The molecule has 0 heterocycles. The van der Waals surface area contributed by atoms with Crippen LogP contribution in [0.15, 0.2) is 18.2 Å². The molecule has 0 saturated heterocycles. The van der Waals surface area contributed by atoms with Gasteiger partial charge in [-0.1, -0.05) is 26.0 Å². The third kappa shape index (κ3) is 3.08. The highest BCUT2D eigenvalue weighted by Gasteiger charge is 2.11. The molecule has 1 N–H and O–H groups in total.